The van der Waals surface area contributed by atoms with Crippen molar-refractivity contribution in [2.45, 2.75) is 20.0 Å². The highest BCUT2D eigenvalue weighted by Crippen LogP contribution is 2.30. The number of aryl methyl sites for hydroxylation is 1. The first-order valence-corrected chi connectivity index (χ1v) is 7.57. The number of aromatic nitrogens is 2. The number of para-hydroxylation sites is 1. The second kappa shape index (κ2) is 5.62. The van der Waals surface area contributed by atoms with E-state index < -0.39 is 12.1 Å². The van der Waals surface area contributed by atoms with Gasteiger partial charge in [-0.25, -0.2) is 9.48 Å². The topological polar surface area (TPSA) is 67.9 Å². The number of fused-ring (bicyclic) bond motifs is 1. The van der Waals surface area contributed by atoms with Crippen molar-refractivity contribution in [3.63, 3.8) is 0 Å². The van der Waals surface area contributed by atoms with Crippen LogP contribution in [0.5, 0.6) is 0 Å². The monoisotopic (exact) mass is 311 g/mol. The summed E-state index contributed by atoms with van der Waals surface area (Å²) in [4.78, 5) is 13.4. The summed E-state index contributed by atoms with van der Waals surface area (Å²) in [5.41, 5.74) is 1.79. The lowest BCUT2D eigenvalue weighted by molar-refractivity contribution is 0.0441. The minimum Gasteiger partial charge on any atom is -0.443 e. The normalized spacial score (nSPS) is 12.0. The molecule has 0 amide bonds. The highest BCUT2D eigenvalue weighted by Gasteiger charge is 2.19. The van der Waals surface area contributed by atoms with Crippen LogP contribution in [0.15, 0.2) is 36.4 Å². The van der Waals surface area contributed by atoms with Gasteiger partial charge in [-0.2, -0.15) is 10.4 Å². The summed E-state index contributed by atoms with van der Waals surface area (Å²) in [6.45, 7) is 3.45. The molecule has 22 heavy (non-hydrogen) atoms. The van der Waals surface area contributed by atoms with E-state index in [0.29, 0.717) is 4.88 Å². The molecule has 6 heteroatoms. The SMILES string of the molecule is Cc1nn(-c2ccccc2)c2sc(C(=O)O[C@@H](C)C#N)cc12. The summed E-state index contributed by atoms with van der Waals surface area (Å²) < 4.78 is 6.87. The lowest BCUT2D eigenvalue weighted by Gasteiger charge is -2.03. The Morgan fingerprint density at radius 1 is 1.41 bits per heavy atom. The van der Waals surface area contributed by atoms with Crippen molar-refractivity contribution in [2.75, 3.05) is 0 Å². The highest BCUT2D eigenvalue weighted by atomic mass is 32.1. The Hall–Kier alpha value is -2.65. The van der Waals surface area contributed by atoms with Crippen LogP contribution in [-0.4, -0.2) is 21.9 Å². The maximum atomic E-state index is 12.0. The Morgan fingerprint density at radius 3 is 2.82 bits per heavy atom. The molecular formula is C16H13N3O2S. The number of benzene rings is 1. The predicted molar refractivity (Wildman–Crippen MR) is 84.2 cm³/mol. The Morgan fingerprint density at radius 2 is 2.14 bits per heavy atom. The van der Waals surface area contributed by atoms with Gasteiger partial charge in [-0.05, 0) is 32.0 Å². The smallest absolute Gasteiger partial charge is 0.349 e. The Kier molecular flexibility index (Phi) is 3.65. The van der Waals surface area contributed by atoms with Gasteiger partial charge in [-0.1, -0.05) is 18.2 Å². The van der Waals surface area contributed by atoms with Crippen molar-refractivity contribution < 1.29 is 9.53 Å². The summed E-state index contributed by atoms with van der Waals surface area (Å²) in [6, 6.07) is 13.4. The second-order valence-corrected chi connectivity index (χ2v) is 5.87. The Bertz CT molecular complexity index is 874. The molecule has 0 fully saturated rings. The summed E-state index contributed by atoms with van der Waals surface area (Å²) >= 11 is 1.32. The maximum Gasteiger partial charge on any atom is 0.349 e. The molecule has 3 aromatic rings. The van der Waals surface area contributed by atoms with Gasteiger partial charge in [-0.3, -0.25) is 0 Å². The van der Waals surface area contributed by atoms with Gasteiger partial charge in [0.15, 0.2) is 6.10 Å². The zero-order chi connectivity index (χ0) is 15.7. The van der Waals surface area contributed by atoms with Gasteiger partial charge in [0.25, 0.3) is 0 Å². The van der Waals surface area contributed by atoms with Crippen molar-refractivity contribution >= 4 is 27.5 Å². The number of carbonyl (C=O) groups is 1. The largest absolute Gasteiger partial charge is 0.443 e. The lowest BCUT2D eigenvalue weighted by atomic mass is 10.3. The fourth-order valence-electron chi connectivity index (χ4n) is 2.14. The van der Waals surface area contributed by atoms with Crippen molar-refractivity contribution in [3.05, 3.63) is 47.0 Å². The van der Waals surface area contributed by atoms with Crippen LogP contribution >= 0.6 is 11.3 Å². The molecule has 0 spiro atoms. The standard InChI is InChI=1S/C16H13N3O2S/c1-10(9-17)21-16(20)14-8-13-11(2)18-19(15(13)22-14)12-6-4-3-5-7-12/h3-8,10H,1-2H3/t10-/m0/s1. The van der Waals surface area contributed by atoms with Crippen molar-refractivity contribution in [2.24, 2.45) is 0 Å². The number of thiophene rings is 1. The Balaban J connectivity index is 2.04. The van der Waals surface area contributed by atoms with Gasteiger partial charge in [-0.15, -0.1) is 11.3 Å². The lowest BCUT2D eigenvalue weighted by Crippen LogP contribution is -2.11. The molecule has 0 aliphatic heterocycles. The molecular weight excluding hydrogens is 298 g/mol. The number of nitrogens with zero attached hydrogens (tertiary/aromatic N) is 3. The molecule has 0 aliphatic carbocycles. The molecule has 2 aromatic heterocycles. The number of rotatable bonds is 3. The zero-order valence-corrected chi connectivity index (χ0v) is 12.9. The molecule has 0 radical (unpaired) electrons. The first-order chi connectivity index (χ1) is 10.6. The summed E-state index contributed by atoms with van der Waals surface area (Å²) in [5, 5.41) is 14.2. The number of hydrogen-bond acceptors (Lipinski definition) is 5. The average molecular weight is 311 g/mol. The Labute approximate surface area is 131 Å². The molecule has 5 nitrogen and oxygen atoms in total. The van der Waals surface area contributed by atoms with Crippen LogP contribution in [0.25, 0.3) is 15.9 Å². The molecule has 2 heterocycles. The van der Waals surface area contributed by atoms with Crippen molar-refractivity contribution in [1.29, 1.82) is 5.26 Å². The molecule has 0 saturated heterocycles. The van der Waals surface area contributed by atoms with Gasteiger partial charge >= 0.3 is 5.97 Å². The van der Waals surface area contributed by atoms with Crippen LogP contribution in [0.4, 0.5) is 0 Å². The van der Waals surface area contributed by atoms with Crippen molar-refractivity contribution in [3.8, 4) is 11.8 Å². The highest BCUT2D eigenvalue weighted by molar-refractivity contribution is 7.20. The predicted octanol–water partition coefficient (Wildman–Crippen LogP) is 3.46. The van der Waals surface area contributed by atoms with Gasteiger partial charge in [0, 0.05) is 5.39 Å². The van der Waals surface area contributed by atoms with E-state index in [0.717, 1.165) is 21.6 Å². The molecule has 110 valence electrons. The first-order valence-electron chi connectivity index (χ1n) is 6.75. The van der Waals surface area contributed by atoms with Gasteiger partial charge in [0.2, 0.25) is 0 Å². The minimum atomic E-state index is -0.760. The fourth-order valence-corrected chi connectivity index (χ4v) is 3.20. The van der Waals surface area contributed by atoms with E-state index in [1.54, 1.807) is 13.0 Å². The zero-order valence-electron chi connectivity index (χ0n) is 12.1. The first kappa shape index (κ1) is 14.3. The number of hydrogen-bond donors (Lipinski definition) is 0. The maximum absolute atomic E-state index is 12.0. The van der Waals surface area contributed by atoms with E-state index in [1.807, 2.05) is 48.0 Å². The summed E-state index contributed by atoms with van der Waals surface area (Å²) in [6.07, 6.45) is -0.760. The van der Waals surface area contributed by atoms with Crippen LogP contribution in [0.3, 0.4) is 0 Å². The molecule has 3 rings (SSSR count). The summed E-state index contributed by atoms with van der Waals surface area (Å²) in [5.74, 6) is -0.478. The minimum absolute atomic E-state index is 0.474. The quantitative estimate of drug-likeness (QED) is 0.695. The fraction of sp³-hybridized carbons (Fsp3) is 0.188. The molecule has 0 bridgehead atoms. The van der Waals surface area contributed by atoms with E-state index >= 15 is 0 Å². The molecule has 1 atom stereocenters. The third-order valence-electron chi connectivity index (χ3n) is 3.21. The molecule has 0 unspecified atom stereocenters. The third kappa shape index (κ3) is 2.47. The molecule has 0 N–H and O–H groups in total. The van der Waals surface area contributed by atoms with Gasteiger partial charge < -0.3 is 4.74 Å². The summed E-state index contributed by atoms with van der Waals surface area (Å²) in [7, 11) is 0. The number of nitriles is 1. The molecule has 0 saturated carbocycles. The number of esters is 1. The van der Waals surface area contributed by atoms with E-state index in [-0.39, 0.29) is 0 Å². The van der Waals surface area contributed by atoms with E-state index in [9.17, 15) is 4.79 Å². The second-order valence-electron chi connectivity index (χ2n) is 4.84. The third-order valence-corrected chi connectivity index (χ3v) is 4.30. The van der Waals surface area contributed by atoms with Crippen LogP contribution in [0.1, 0.15) is 22.3 Å². The average Bonchev–Trinajstić information content (AvgIpc) is 3.09. The van der Waals surface area contributed by atoms with E-state index in [2.05, 4.69) is 5.10 Å². The molecule has 1 aromatic carbocycles. The number of carbonyl (C=O) groups excluding carboxylic acids is 1. The molecule has 0 aliphatic rings. The van der Waals surface area contributed by atoms with Gasteiger partial charge in [0.05, 0.1) is 11.4 Å². The van der Waals surface area contributed by atoms with Gasteiger partial charge in [0.1, 0.15) is 15.8 Å². The van der Waals surface area contributed by atoms with Crippen LogP contribution in [0.2, 0.25) is 0 Å². The van der Waals surface area contributed by atoms with Crippen LogP contribution < -0.4 is 0 Å². The van der Waals surface area contributed by atoms with Crippen molar-refractivity contribution in [1.82, 2.24) is 9.78 Å². The van der Waals surface area contributed by atoms with E-state index in [1.165, 1.54) is 11.3 Å². The van der Waals surface area contributed by atoms with Crippen LogP contribution in [0, 0.1) is 18.3 Å². The van der Waals surface area contributed by atoms with E-state index in [4.69, 9.17) is 10.00 Å². The van der Waals surface area contributed by atoms with Crippen LogP contribution in [-0.2, 0) is 4.74 Å². The number of ether oxygens (including phenoxy) is 1.